The van der Waals surface area contributed by atoms with Crippen LogP contribution in [0.3, 0.4) is 0 Å². The molecule has 3 N–H and O–H groups in total. The van der Waals surface area contributed by atoms with Gasteiger partial charge in [0, 0.05) is 6.04 Å². The first kappa shape index (κ1) is 22.3. The minimum absolute atomic E-state index is 0.0403. The van der Waals surface area contributed by atoms with Gasteiger partial charge in [-0.25, -0.2) is 9.59 Å². The summed E-state index contributed by atoms with van der Waals surface area (Å²) in [5, 5.41) is 7.43. The van der Waals surface area contributed by atoms with Crippen molar-refractivity contribution in [3.05, 3.63) is 35.9 Å². The van der Waals surface area contributed by atoms with Crippen LogP contribution < -0.4 is 16.0 Å². The lowest BCUT2D eigenvalue weighted by molar-refractivity contribution is -0.151. The summed E-state index contributed by atoms with van der Waals surface area (Å²) in [4.78, 5) is 61.8. The second kappa shape index (κ2) is 9.59. The number of ether oxygens (including phenoxy) is 1. The third kappa shape index (κ3) is 5.01. The van der Waals surface area contributed by atoms with Gasteiger partial charge in [0.15, 0.2) is 6.61 Å². The largest absolute Gasteiger partial charge is 0.454 e. The molecule has 10 nitrogen and oxygen atoms in total. The molecule has 0 aromatic heterocycles. The number of esters is 1. The maximum atomic E-state index is 13.0. The lowest BCUT2D eigenvalue weighted by Crippen LogP contribution is -2.45. The first-order valence-electron chi connectivity index (χ1n) is 10.3. The summed E-state index contributed by atoms with van der Waals surface area (Å²) in [5.41, 5.74) is -0.645. The van der Waals surface area contributed by atoms with Crippen LogP contribution >= 0.6 is 0 Å². The van der Waals surface area contributed by atoms with Crippen molar-refractivity contribution in [2.24, 2.45) is 0 Å². The van der Waals surface area contributed by atoms with Crippen molar-refractivity contribution in [2.45, 2.75) is 50.6 Å². The molecule has 1 aliphatic heterocycles. The number of carbonyl (C=O) groups excluding carboxylic acids is 5. The fourth-order valence-corrected chi connectivity index (χ4v) is 3.91. The summed E-state index contributed by atoms with van der Waals surface area (Å²) in [5.74, 6) is -2.30. The van der Waals surface area contributed by atoms with E-state index in [0.29, 0.717) is 12.0 Å². The van der Waals surface area contributed by atoms with Crippen LogP contribution in [0.1, 0.15) is 44.6 Å². The normalized spacial score (nSPS) is 21.0. The molecule has 166 valence electrons. The minimum Gasteiger partial charge on any atom is -0.454 e. The van der Waals surface area contributed by atoms with Gasteiger partial charge in [-0.2, -0.15) is 0 Å². The van der Waals surface area contributed by atoms with E-state index in [0.717, 1.165) is 30.6 Å². The highest BCUT2D eigenvalue weighted by Crippen LogP contribution is 2.32. The van der Waals surface area contributed by atoms with Crippen LogP contribution in [-0.4, -0.2) is 53.9 Å². The number of rotatable bonds is 7. The first-order chi connectivity index (χ1) is 14.9. The second-order valence-corrected chi connectivity index (χ2v) is 7.61. The van der Waals surface area contributed by atoms with Gasteiger partial charge < -0.3 is 15.4 Å². The number of imide groups is 2. The van der Waals surface area contributed by atoms with E-state index in [2.05, 4.69) is 16.0 Å². The fraction of sp³-hybridized carbons (Fsp3) is 0.476. The molecule has 6 amide bonds. The highest BCUT2D eigenvalue weighted by Gasteiger charge is 2.51. The molecular weight excluding hydrogens is 404 g/mol. The number of hydrogen-bond donors (Lipinski definition) is 3. The summed E-state index contributed by atoms with van der Waals surface area (Å²) in [6.45, 7) is 0.424. The zero-order valence-corrected chi connectivity index (χ0v) is 17.3. The van der Waals surface area contributed by atoms with Gasteiger partial charge in [0.1, 0.15) is 12.1 Å². The predicted molar refractivity (Wildman–Crippen MR) is 109 cm³/mol. The van der Waals surface area contributed by atoms with Crippen LogP contribution in [-0.2, 0) is 24.7 Å². The number of amides is 6. The quantitative estimate of drug-likeness (QED) is 0.439. The number of carbonyl (C=O) groups is 5. The van der Waals surface area contributed by atoms with E-state index in [4.69, 9.17) is 4.74 Å². The van der Waals surface area contributed by atoms with Crippen LogP contribution in [0.15, 0.2) is 30.3 Å². The maximum Gasteiger partial charge on any atom is 0.326 e. The Morgan fingerprint density at radius 2 is 1.84 bits per heavy atom. The first-order valence-corrected chi connectivity index (χ1v) is 10.3. The molecule has 1 aromatic carbocycles. The molecule has 0 spiro atoms. The molecular formula is C21H26N4O6. The maximum absolute atomic E-state index is 13.0. The van der Waals surface area contributed by atoms with Gasteiger partial charge in [0.05, 0.1) is 0 Å². The standard InChI is InChI=1S/C21H26N4O6/c1-2-21(14-8-4-3-5-9-14)18(28)25(20(30)24-21)12-17(27)31-13-16(26)23-19(29)22-15-10-6-7-11-15/h3-5,8-9,15H,2,6-7,10-13H2,1H3,(H,24,30)(H2,22,23,26,29). The van der Waals surface area contributed by atoms with Gasteiger partial charge in [0.2, 0.25) is 0 Å². The number of nitrogens with zero attached hydrogens (tertiary/aromatic N) is 1. The average molecular weight is 430 g/mol. The van der Waals surface area contributed by atoms with Gasteiger partial charge in [-0.05, 0) is 24.8 Å². The molecule has 3 rings (SSSR count). The summed E-state index contributed by atoms with van der Waals surface area (Å²) < 4.78 is 4.84. The molecule has 0 radical (unpaired) electrons. The predicted octanol–water partition coefficient (Wildman–Crippen LogP) is 1.16. The molecule has 1 saturated heterocycles. The van der Waals surface area contributed by atoms with Crippen LogP contribution in [0.5, 0.6) is 0 Å². The molecule has 1 unspecified atom stereocenters. The molecule has 0 bridgehead atoms. The van der Waals surface area contributed by atoms with Crippen molar-refractivity contribution < 1.29 is 28.7 Å². The van der Waals surface area contributed by atoms with Gasteiger partial charge in [-0.1, -0.05) is 50.1 Å². The molecule has 10 heteroatoms. The third-order valence-electron chi connectivity index (χ3n) is 5.57. The lowest BCUT2D eigenvalue weighted by Gasteiger charge is -2.25. The number of nitrogens with one attached hydrogen (secondary N) is 3. The van der Waals surface area contributed by atoms with Crippen molar-refractivity contribution >= 4 is 29.8 Å². The molecule has 1 aromatic rings. The lowest BCUT2D eigenvalue weighted by atomic mass is 9.87. The van der Waals surface area contributed by atoms with Crippen LogP contribution in [0.25, 0.3) is 0 Å². The molecule has 1 aliphatic carbocycles. The van der Waals surface area contributed by atoms with Crippen molar-refractivity contribution in [2.75, 3.05) is 13.2 Å². The number of hydrogen-bond acceptors (Lipinski definition) is 6. The van der Waals surface area contributed by atoms with E-state index in [1.54, 1.807) is 37.3 Å². The van der Waals surface area contributed by atoms with E-state index in [1.165, 1.54) is 0 Å². The highest BCUT2D eigenvalue weighted by atomic mass is 16.5. The molecule has 31 heavy (non-hydrogen) atoms. The average Bonchev–Trinajstić information content (AvgIpc) is 3.35. The van der Waals surface area contributed by atoms with Crippen LogP contribution in [0.4, 0.5) is 9.59 Å². The monoisotopic (exact) mass is 430 g/mol. The summed E-state index contributed by atoms with van der Waals surface area (Å²) in [6, 6.07) is 7.44. The van der Waals surface area contributed by atoms with Crippen molar-refractivity contribution in [1.82, 2.24) is 20.9 Å². The molecule has 2 aliphatic rings. The minimum atomic E-state index is -1.26. The third-order valence-corrected chi connectivity index (χ3v) is 5.57. The topological polar surface area (TPSA) is 134 Å². The SMILES string of the molecule is CCC1(c2ccccc2)NC(=O)N(CC(=O)OCC(=O)NC(=O)NC2CCCC2)C1=O. The fourth-order valence-electron chi connectivity index (χ4n) is 3.91. The van der Waals surface area contributed by atoms with Crippen molar-refractivity contribution in [3.8, 4) is 0 Å². The highest BCUT2D eigenvalue weighted by molar-refractivity contribution is 6.09. The summed E-state index contributed by atoms with van der Waals surface area (Å²) >= 11 is 0. The smallest absolute Gasteiger partial charge is 0.326 e. The Morgan fingerprint density at radius 1 is 1.16 bits per heavy atom. The van der Waals surface area contributed by atoms with Gasteiger partial charge >= 0.3 is 18.0 Å². The molecule has 1 saturated carbocycles. The zero-order chi connectivity index (χ0) is 22.4. The van der Waals surface area contributed by atoms with Gasteiger partial charge in [-0.15, -0.1) is 0 Å². The summed E-state index contributed by atoms with van der Waals surface area (Å²) in [6.07, 6.45) is 4.09. The van der Waals surface area contributed by atoms with E-state index < -0.39 is 48.5 Å². The number of benzene rings is 1. The zero-order valence-electron chi connectivity index (χ0n) is 17.3. The summed E-state index contributed by atoms with van der Waals surface area (Å²) in [7, 11) is 0. The van der Waals surface area contributed by atoms with Crippen molar-refractivity contribution in [3.63, 3.8) is 0 Å². The van der Waals surface area contributed by atoms with E-state index >= 15 is 0 Å². The van der Waals surface area contributed by atoms with Crippen LogP contribution in [0.2, 0.25) is 0 Å². The Balaban J connectivity index is 1.50. The Kier molecular flexibility index (Phi) is 6.88. The van der Waals surface area contributed by atoms with E-state index in [-0.39, 0.29) is 6.04 Å². The second-order valence-electron chi connectivity index (χ2n) is 7.61. The molecule has 1 atom stereocenters. The Morgan fingerprint density at radius 3 is 2.48 bits per heavy atom. The molecule has 2 fully saturated rings. The Labute approximate surface area is 179 Å². The van der Waals surface area contributed by atoms with E-state index in [1.807, 2.05) is 0 Å². The molecule has 1 heterocycles. The van der Waals surface area contributed by atoms with E-state index in [9.17, 15) is 24.0 Å². The van der Waals surface area contributed by atoms with Gasteiger partial charge in [0.25, 0.3) is 11.8 Å². The Bertz CT molecular complexity index is 868. The number of urea groups is 2. The Hall–Kier alpha value is -3.43. The van der Waals surface area contributed by atoms with Crippen molar-refractivity contribution in [1.29, 1.82) is 0 Å². The van der Waals surface area contributed by atoms with Gasteiger partial charge in [-0.3, -0.25) is 24.6 Å². The van der Waals surface area contributed by atoms with Crippen LogP contribution in [0, 0.1) is 0 Å².